The number of carbonyl (C=O) groups excluding carboxylic acids is 1. The third kappa shape index (κ3) is 5.37. The van der Waals surface area contributed by atoms with Gasteiger partial charge in [0.1, 0.15) is 0 Å². The van der Waals surface area contributed by atoms with Crippen molar-refractivity contribution in [3.05, 3.63) is 100 Å². The molecule has 190 valence electrons. The van der Waals surface area contributed by atoms with E-state index < -0.39 is 0 Å². The number of benzene rings is 3. The summed E-state index contributed by atoms with van der Waals surface area (Å²) in [5.74, 6) is 0.494. The fourth-order valence-electron chi connectivity index (χ4n) is 5.64. The standard InChI is InChI=1S/C32H35N3OS/c1-5-35-28-17-16-25(20-27(28)23(2)22-32(35,3)4)21-29-30(36)34(19-18-24-12-8-6-9-13-24)31(37-29)33-26-14-10-7-11-15-26/h6-17,20-21,23H,5,18-19,22H2,1-4H3/b29-21+,33-31?. The maximum Gasteiger partial charge on any atom is 0.266 e. The van der Waals surface area contributed by atoms with Crippen molar-refractivity contribution in [2.45, 2.75) is 52.0 Å². The zero-order chi connectivity index (χ0) is 26.0. The molecule has 2 heterocycles. The van der Waals surface area contributed by atoms with Crippen LogP contribution in [0.4, 0.5) is 11.4 Å². The monoisotopic (exact) mass is 509 g/mol. The maximum absolute atomic E-state index is 13.6. The number of anilines is 1. The molecule has 1 atom stereocenters. The van der Waals surface area contributed by atoms with E-state index in [1.807, 2.05) is 59.5 Å². The lowest BCUT2D eigenvalue weighted by molar-refractivity contribution is -0.122. The fourth-order valence-corrected chi connectivity index (χ4v) is 6.66. The Morgan fingerprint density at radius 3 is 2.43 bits per heavy atom. The Morgan fingerprint density at radius 2 is 1.73 bits per heavy atom. The minimum absolute atomic E-state index is 0.0256. The van der Waals surface area contributed by atoms with E-state index in [1.165, 1.54) is 28.6 Å². The third-order valence-corrected chi connectivity index (χ3v) is 8.37. The molecule has 0 aromatic heterocycles. The average Bonchev–Trinajstić information content (AvgIpc) is 3.17. The summed E-state index contributed by atoms with van der Waals surface area (Å²) in [5.41, 5.74) is 5.96. The molecule has 1 amide bonds. The number of amides is 1. The van der Waals surface area contributed by atoms with Crippen LogP contribution in [0, 0.1) is 0 Å². The number of amidine groups is 1. The van der Waals surface area contributed by atoms with Crippen molar-refractivity contribution >= 4 is 40.3 Å². The second kappa shape index (κ2) is 10.6. The molecule has 0 bridgehead atoms. The van der Waals surface area contributed by atoms with Crippen molar-refractivity contribution in [2.75, 3.05) is 18.0 Å². The molecule has 2 aliphatic rings. The summed E-state index contributed by atoms with van der Waals surface area (Å²) in [7, 11) is 0. The first kappa shape index (κ1) is 25.3. The van der Waals surface area contributed by atoms with Gasteiger partial charge in [-0.3, -0.25) is 9.69 Å². The molecule has 5 heteroatoms. The van der Waals surface area contributed by atoms with Crippen LogP contribution in [0.1, 0.15) is 56.7 Å². The van der Waals surface area contributed by atoms with Crippen molar-refractivity contribution in [2.24, 2.45) is 4.99 Å². The molecule has 2 aliphatic heterocycles. The van der Waals surface area contributed by atoms with Gasteiger partial charge in [-0.1, -0.05) is 61.5 Å². The van der Waals surface area contributed by atoms with Crippen LogP contribution in [0.5, 0.6) is 0 Å². The Bertz CT molecular complexity index is 1330. The van der Waals surface area contributed by atoms with Crippen molar-refractivity contribution in [3.63, 3.8) is 0 Å². The van der Waals surface area contributed by atoms with Gasteiger partial charge < -0.3 is 4.90 Å². The van der Waals surface area contributed by atoms with Gasteiger partial charge in [-0.15, -0.1) is 0 Å². The molecular formula is C32H35N3OS. The van der Waals surface area contributed by atoms with Crippen molar-refractivity contribution < 1.29 is 4.79 Å². The Balaban J connectivity index is 1.46. The molecule has 1 unspecified atom stereocenters. The molecule has 3 aromatic carbocycles. The van der Waals surface area contributed by atoms with Crippen LogP contribution in [0.3, 0.4) is 0 Å². The van der Waals surface area contributed by atoms with E-state index in [2.05, 4.69) is 62.9 Å². The Morgan fingerprint density at radius 1 is 1.03 bits per heavy atom. The summed E-state index contributed by atoms with van der Waals surface area (Å²) in [4.78, 5) is 23.5. The SMILES string of the molecule is CCN1c2ccc(/C=C3/SC(=Nc4ccccc4)N(CCc4ccccc4)C3=O)cc2C(C)CC1(C)C. The van der Waals surface area contributed by atoms with Crippen LogP contribution in [-0.4, -0.2) is 34.6 Å². The number of hydrogen-bond donors (Lipinski definition) is 0. The molecule has 4 nitrogen and oxygen atoms in total. The number of carbonyl (C=O) groups is 1. The Hall–Kier alpha value is -3.31. The zero-order valence-corrected chi connectivity index (χ0v) is 23.0. The summed E-state index contributed by atoms with van der Waals surface area (Å²) in [6.45, 7) is 10.8. The van der Waals surface area contributed by atoms with E-state index >= 15 is 0 Å². The van der Waals surface area contributed by atoms with Crippen LogP contribution >= 0.6 is 11.8 Å². The molecule has 0 aliphatic carbocycles. The van der Waals surface area contributed by atoms with Crippen LogP contribution in [0.2, 0.25) is 0 Å². The van der Waals surface area contributed by atoms with E-state index in [1.54, 1.807) is 0 Å². The minimum atomic E-state index is 0.0256. The van der Waals surface area contributed by atoms with Crippen LogP contribution in [0.25, 0.3) is 6.08 Å². The molecule has 0 spiro atoms. The molecule has 37 heavy (non-hydrogen) atoms. The van der Waals surface area contributed by atoms with E-state index in [-0.39, 0.29) is 11.4 Å². The van der Waals surface area contributed by atoms with E-state index in [0.29, 0.717) is 12.5 Å². The smallest absolute Gasteiger partial charge is 0.266 e. The molecule has 0 saturated carbocycles. The number of thioether (sulfide) groups is 1. The molecule has 1 saturated heterocycles. The number of para-hydroxylation sites is 1. The molecule has 1 fully saturated rings. The number of rotatable bonds is 6. The molecular weight excluding hydrogens is 474 g/mol. The van der Waals surface area contributed by atoms with Gasteiger partial charge in [-0.25, -0.2) is 4.99 Å². The van der Waals surface area contributed by atoms with Gasteiger partial charge in [-0.05, 0) is 98.3 Å². The summed E-state index contributed by atoms with van der Waals surface area (Å²) >= 11 is 1.47. The van der Waals surface area contributed by atoms with Crippen LogP contribution < -0.4 is 4.90 Å². The van der Waals surface area contributed by atoms with Gasteiger partial charge in [0.2, 0.25) is 0 Å². The summed E-state index contributed by atoms with van der Waals surface area (Å²) in [6.07, 6.45) is 3.94. The predicted molar refractivity (Wildman–Crippen MR) is 158 cm³/mol. The fraction of sp³-hybridized carbons (Fsp3) is 0.312. The lowest BCUT2D eigenvalue weighted by atomic mass is 9.79. The molecule has 0 N–H and O–H groups in total. The van der Waals surface area contributed by atoms with Gasteiger partial charge in [0.05, 0.1) is 10.6 Å². The first-order chi connectivity index (χ1) is 17.9. The number of hydrogen-bond acceptors (Lipinski definition) is 4. The number of nitrogens with zero attached hydrogens (tertiary/aromatic N) is 3. The molecule has 3 aromatic rings. The average molecular weight is 510 g/mol. The third-order valence-electron chi connectivity index (χ3n) is 7.36. The Kier molecular flexibility index (Phi) is 7.25. The van der Waals surface area contributed by atoms with Crippen LogP contribution in [0.15, 0.2) is 88.8 Å². The topological polar surface area (TPSA) is 35.9 Å². The van der Waals surface area contributed by atoms with Gasteiger partial charge in [0, 0.05) is 24.3 Å². The highest BCUT2D eigenvalue weighted by atomic mass is 32.2. The number of fused-ring (bicyclic) bond motifs is 1. The van der Waals surface area contributed by atoms with Crippen molar-refractivity contribution in [1.29, 1.82) is 0 Å². The maximum atomic E-state index is 13.6. The van der Waals surface area contributed by atoms with E-state index in [0.717, 1.165) is 40.7 Å². The predicted octanol–water partition coefficient (Wildman–Crippen LogP) is 7.65. The van der Waals surface area contributed by atoms with Gasteiger partial charge >= 0.3 is 0 Å². The largest absolute Gasteiger partial charge is 0.366 e. The van der Waals surface area contributed by atoms with Crippen molar-refractivity contribution in [3.8, 4) is 0 Å². The molecule has 0 radical (unpaired) electrons. The summed E-state index contributed by atoms with van der Waals surface area (Å²) < 4.78 is 0. The minimum Gasteiger partial charge on any atom is -0.366 e. The summed E-state index contributed by atoms with van der Waals surface area (Å²) in [6, 6.07) is 26.8. The zero-order valence-electron chi connectivity index (χ0n) is 22.1. The van der Waals surface area contributed by atoms with Crippen molar-refractivity contribution in [1.82, 2.24) is 4.90 Å². The second-order valence-electron chi connectivity index (χ2n) is 10.5. The van der Waals surface area contributed by atoms with Gasteiger partial charge in [0.25, 0.3) is 5.91 Å². The highest BCUT2D eigenvalue weighted by Gasteiger charge is 2.36. The first-order valence-electron chi connectivity index (χ1n) is 13.2. The second-order valence-corrected chi connectivity index (χ2v) is 11.5. The number of aliphatic imine (C=N–C) groups is 1. The van der Waals surface area contributed by atoms with Gasteiger partial charge in [-0.2, -0.15) is 0 Å². The van der Waals surface area contributed by atoms with E-state index in [4.69, 9.17) is 4.99 Å². The first-order valence-corrected chi connectivity index (χ1v) is 14.0. The lowest BCUT2D eigenvalue weighted by Crippen LogP contribution is -2.48. The molecule has 5 rings (SSSR count). The Labute approximate surface area is 225 Å². The van der Waals surface area contributed by atoms with Gasteiger partial charge in [0.15, 0.2) is 5.17 Å². The summed E-state index contributed by atoms with van der Waals surface area (Å²) in [5, 5.41) is 0.739. The highest BCUT2D eigenvalue weighted by Crippen LogP contribution is 2.44. The van der Waals surface area contributed by atoms with E-state index in [9.17, 15) is 4.79 Å². The van der Waals surface area contributed by atoms with Crippen LogP contribution in [-0.2, 0) is 11.2 Å². The lowest BCUT2D eigenvalue weighted by Gasteiger charge is -2.47. The highest BCUT2D eigenvalue weighted by molar-refractivity contribution is 8.18. The quantitative estimate of drug-likeness (QED) is 0.320. The normalized spacial score (nSPS) is 21.1.